The van der Waals surface area contributed by atoms with Crippen LogP contribution in [0.15, 0.2) is 47.6 Å². The van der Waals surface area contributed by atoms with Crippen LogP contribution < -0.4 is 14.9 Å². The SMILES string of the molecule is CCCOc1ccc(C(=O)N/N=C/c2cc([N+](=O)[O-])ccc2OC)cc1. The van der Waals surface area contributed by atoms with Crippen molar-refractivity contribution in [2.45, 2.75) is 13.3 Å². The van der Waals surface area contributed by atoms with Crippen LogP contribution in [0.4, 0.5) is 5.69 Å². The number of nitrogens with zero attached hydrogens (tertiary/aromatic N) is 2. The number of amides is 1. The number of non-ortho nitro benzene ring substituents is 1. The van der Waals surface area contributed by atoms with Gasteiger partial charge in [0.15, 0.2) is 0 Å². The molecule has 26 heavy (non-hydrogen) atoms. The molecule has 0 heterocycles. The fourth-order valence-electron chi connectivity index (χ4n) is 2.08. The van der Waals surface area contributed by atoms with E-state index in [0.717, 1.165) is 6.42 Å². The molecule has 8 heteroatoms. The Hall–Kier alpha value is -3.42. The molecule has 0 bridgehead atoms. The molecule has 1 N–H and O–H groups in total. The largest absolute Gasteiger partial charge is 0.496 e. The van der Waals surface area contributed by atoms with Gasteiger partial charge in [-0.15, -0.1) is 0 Å². The monoisotopic (exact) mass is 357 g/mol. The van der Waals surface area contributed by atoms with Crippen LogP contribution in [-0.2, 0) is 0 Å². The van der Waals surface area contributed by atoms with E-state index in [1.807, 2.05) is 6.92 Å². The minimum atomic E-state index is -0.516. The minimum Gasteiger partial charge on any atom is -0.496 e. The Morgan fingerprint density at radius 1 is 1.27 bits per heavy atom. The lowest BCUT2D eigenvalue weighted by Gasteiger charge is -2.06. The fourth-order valence-corrected chi connectivity index (χ4v) is 2.08. The van der Waals surface area contributed by atoms with E-state index in [9.17, 15) is 14.9 Å². The molecule has 0 unspecified atom stereocenters. The smallest absolute Gasteiger partial charge is 0.271 e. The van der Waals surface area contributed by atoms with Crippen LogP contribution in [-0.4, -0.2) is 30.8 Å². The van der Waals surface area contributed by atoms with Gasteiger partial charge in [0.05, 0.1) is 24.9 Å². The van der Waals surface area contributed by atoms with Gasteiger partial charge < -0.3 is 9.47 Å². The molecule has 0 aromatic heterocycles. The molecule has 0 aliphatic carbocycles. The number of methoxy groups -OCH3 is 1. The van der Waals surface area contributed by atoms with Crippen molar-refractivity contribution >= 4 is 17.8 Å². The van der Waals surface area contributed by atoms with Crippen LogP contribution in [0.1, 0.15) is 29.3 Å². The number of carbonyl (C=O) groups excluding carboxylic acids is 1. The van der Waals surface area contributed by atoms with Gasteiger partial charge in [0.25, 0.3) is 11.6 Å². The Balaban J connectivity index is 2.04. The third kappa shape index (κ3) is 5.04. The number of nitro groups is 1. The Kier molecular flexibility index (Phi) is 6.67. The summed E-state index contributed by atoms with van der Waals surface area (Å²) < 4.78 is 10.6. The van der Waals surface area contributed by atoms with Crippen LogP contribution in [0, 0.1) is 10.1 Å². The van der Waals surface area contributed by atoms with Crippen molar-refractivity contribution in [3.05, 3.63) is 63.7 Å². The maximum Gasteiger partial charge on any atom is 0.271 e. The lowest BCUT2D eigenvalue weighted by Crippen LogP contribution is -2.17. The van der Waals surface area contributed by atoms with Gasteiger partial charge in [-0.2, -0.15) is 5.10 Å². The first-order valence-corrected chi connectivity index (χ1v) is 7.94. The molecule has 0 saturated heterocycles. The van der Waals surface area contributed by atoms with Crippen molar-refractivity contribution in [2.75, 3.05) is 13.7 Å². The molecule has 0 aliphatic rings. The van der Waals surface area contributed by atoms with Crippen molar-refractivity contribution in [3.8, 4) is 11.5 Å². The second-order valence-electron chi connectivity index (χ2n) is 5.26. The number of hydrogen-bond donors (Lipinski definition) is 1. The predicted octanol–water partition coefficient (Wildman–Crippen LogP) is 3.16. The number of hydrazone groups is 1. The molecule has 0 aliphatic heterocycles. The molecule has 2 aromatic rings. The van der Waals surface area contributed by atoms with Crippen molar-refractivity contribution in [1.82, 2.24) is 5.43 Å². The third-order valence-electron chi connectivity index (χ3n) is 3.38. The highest BCUT2D eigenvalue weighted by Gasteiger charge is 2.10. The zero-order chi connectivity index (χ0) is 18.9. The molecular formula is C18H19N3O5. The van der Waals surface area contributed by atoms with Gasteiger partial charge >= 0.3 is 0 Å². The van der Waals surface area contributed by atoms with Crippen LogP contribution >= 0.6 is 0 Å². The summed E-state index contributed by atoms with van der Waals surface area (Å²) in [5, 5.41) is 14.7. The number of hydrogen-bond acceptors (Lipinski definition) is 6. The number of benzene rings is 2. The van der Waals surface area contributed by atoms with Gasteiger partial charge in [0.1, 0.15) is 11.5 Å². The highest BCUT2D eigenvalue weighted by atomic mass is 16.6. The average molecular weight is 357 g/mol. The number of carbonyl (C=O) groups is 1. The van der Waals surface area contributed by atoms with Gasteiger partial charge in [-0.3, -0.25) is 14.9 Å². The average Bonchev–Trinajstić information content (AvgIpc) is 2.66. The van der Waals surface area contributed by atoms with E-state index < -0.39 is 10.8 Å². The standard InChI is InChI=1S/C18H19N3O5/c1-3-10-26-16-7-4-13(5-8-16)18(22)20-19-12-14-11-15(21(23)24)6-9-17(14)25-2/h4-9,11-12H,3,10H2,1-2H3,(H,20,22)/b19-12+. The van der Waals surface area contributed by atoms with E-state index in [-0.39, 0.29) is 5.69 Å². The van der Waals surface area contributed by atoms with Gasteiger partial charge in [-0.1, -0.05) is 6.92 Å². The van der Waals surface area contributed by atoms with Crippen molar-refractivity contribution in [3.63, 3.8) is 0 Å². The van der Waals surface area contributed by atoms with Crippen molar-refractivity contribution in [2.24, 2.45) is 5.10 Å². The number of ether oxygens (including phenoxy) is 2. The molecule has 0 spiro atoms. The molecule has 1 amide bonds. The summed E-state index contributed by atoms with van der Waals surface area (Å²) in [6, 6.07) is 10.8. The summed E-state index contributed by atoms with van der Waals surface area (Å²) in [5.74, 6) is 0.687. The first-order chi connectivity index (χ1) is 12.5. The normalized spacial score (nSPS) is 10.5. The second kappa shape index (κ2) is 9.16. The predicted molar refractivity (Wildman–Crippen MR) is 96.9 cm³/mol. The molecule has 8 nitrogen and oxygen atoms in total. The lowest BCUT2D eigenvalue weighted by molar-refractivity contribution is -0.384. The van der Waals surface area contributed by atoms with Crippen LogP contribution in [0.3, 0.4) is 0 Å². The van der Waals surface area contributed by atoms with Crippen LogP contribution in [0.25, 0.3) is 0 Å². The Labute approximate surface area is 150 Å². The zero-order valence-electron chi connectivity index (χ0n) is 14.5. The Bertz CT molecular complexity index is 803. The second-order valence-corrected chi connectivity index (χ2v) is 5.26. The highest BCUT2D eigenvalue weighted by Crippen LogP contribution is 2.22. The van der Waals surface area contributed by atoms with E-state index in [2.05, 4.69) is 10.5 Å². The minimum absolute atomic E-state index is 0.0961. The molecular weight excluding hydrogens is 338 g/mol. The van der Waals surface area contributed by atoms with E-state index in [1.54, 1.807) is 24.3 Å². The van der Waals surface area contributed by atoms with Gasteiger partial charge in [-0.25, -0.2) is 5.43 Å². The molecule has 0 radical (unpaired) electrons. The molecule has 136 valence electrons. The van der Waals surface area contributed by atoms with E-state index in [1.165, 1.54) is 31.5 Å². The maximum atomic E-state index is 12.1. The van der Waals surface area contributed by atoms with Crippen molar-refractivity contribution in [1.29, 1.82) is 0 Å². The van der Waals surface area contributed by atoms with E-state index in [0.29, 0.717) is 29.2 Å². The first kappa shape index (κ1) is 18.9. The molecule has 0 saturated carbocycles. The summed E-state index contributed by atoms with van der Waals surface area (Å²) in [4.78, 5) is 22.4. The van der Waals surface area contributed by atoms with Gasteiger partial charge in [0.2, 0.25) is 0 Å². The summed E-state index contributed by atoms with van der Waals surface area (Å²) in [7, 11) is 1.44. The number of nitro benzene ring substituents is 1. The molecule has 2 rings (SSSR count). The van der Waals surface area contributed by atoms with Gasteiger partial charge in [-0.05, 0) is 36.8 Å². The molecule has 0 fully saturated rings. The van der Waals surface area contributed by atoms with E-state index >= 15 is 0 Å². The third-order valence-corrected chi connectivity index (χ3v) is 3.38. The van der Waals surface area contributed by atoms with Gasteiger partial charge in [0, 0.05) is 23.3 Å². The fraction of sp³-hybridized carbons (Fsp3) is 0.222. The Morgan fingerprint density at radius 3 is 2.62 bits per heavy atom. The summed E-state index contributed by atoms with van der Waals surface area (Å²) in [6.07, 6.45) is 2.19. The Morgan fingerprint density at radius 2 is 2.00 bits per heavy atom. The van der Waals surface area contributed by atoms with Crippen molar-refractivity contribution < 1.29 is 19.2 Å². The zero-order valence-corrected chi connectivity index (χ0v) is 14.5. The first-order valence-electron chi connectivity index (χ1n) is 7.94. The summed E-state index contributed by atoms with van der Waals surface area (Å²) in [5.41, 5.74) is 3.07. The number of rotatable bonds is 8. The summed E-state index contributed by atoms with van der Waals surface area (Å²) in [6.45, 7) is 2.62. The maximum absolute atomic E-state index is 12.1. The molecule has 0 atom stereocenters. The van der Waals surface area contributed by atoms with Crippen LogP contribution in [0.5, 0.6) is 11.5 Å². The highest BCUT2D eigenvalue weighted by molar-refractivity contribution is 5.95. The number of nitrogens with one attached hydrogen (secondary N) is 1. The molecule has 2 aromatic carbocycles. The van der Waals surface area contributed by atoms with E-state index in [4.69, 9.17) is 9.47 Å². The summed E-state index contributed by atoms with van der Waals surface area (Å²) >= 11 is 0. The quantitative estimate of drug-likeness (QED) is 0.444. The topological polar surface area (TPSA) is 103 Å². The lowest BCUT2D eigenvalue weighted by atomic mass is 10.2. The van der Waals surface area contributed by atoms with Crippen LogP contribution in [0.2, 0.25) is 0 Å².